The number of carbonyl (C=O) groups excluding carboxylic acids is 1. The molecule has 0 saturated carbocycles. The Morgan fingerprint density at radius 3 is 2.70 bits per heavy atom. The second-order valence-corrected chi connectivity index (χ2v) is 9.35. The van der Waals surface area contributed by atoms with Crippen molar-refractivity contribution in [2.45, 2.75) is 26.8 Å². The van der Waals surface area contributed by atoms with Gasteiger partial charge in [0.15, 0.2) is 9.84 Å². The van der Waals surface area contributed by atoms with Crippen molar-refractivity contribution < 1.29 is 13.2 Å². The fourth-order valence-electron chi connectivity index (χ4n) is 2.94. The van der Waals surface area contributed by atoms with Gasteiger partial charge in [0.05, 0.1) is 41.4 Å². The minimum atomic E-state index is -3.11. The summed E-state index contributed by atoms with van der Waals surface area (Å²) in [4.78, 5) is 12.0. The lowest BCUT2D eigenvalue weighted by molar-refractivity contribution is -0.124. The summed E-state index contributed by atoms with van der Waals surface area (Å²) in [6.07, 6.45) is 1.77. The van der Waals surface area contributed by atoms with E-state index in [0.717, 1.165) is 5.56 Å². The smallest absolute Gasteiger partial charge is 0.244 e. The molecule has 0 unspecified atom stereocenters. The van der Waals surface area contributed by atoms with Crippen LogP contribution in [-0.4, -0.2) is 41.8 Å². The predicted octanol–water partition coefficient (Wildman–Crippen LogP) is 2.09. The summed E-state index contributed by atoms with van der Waals surface area (Å²) in [5, 5.41) is 8.78. The molecule has 1 saturated heterocycles. The van der Waals surface area contributed by atoms with Crippen LogP contribution in [0.5, 0.6) is 0 Å². The van der Waals surface area contributed by atoms with Gasteiger partial charge in [-0.05, 0) is 25.8 Å². The predicted molar refractivity (Wildman–Crippen MR) is 105 cm³/mol. The Bertz CT molecular complexity index is 981. The molecule has 1 aliphatic rings. The van der Waals surface area contributed by atoms with Gasteiger partial charge in [-0.15, -0.1) is 0 Å². The van der Waals surface area contributed by atoms with Crippen LogP contribution in [0.4, 0.5) is 0 Å². The Morgan fingerprint density at radius 1 is 1.37 bits per heavy atom. The summed E-state index contributed by atoms with van der Waals surface area (Å²) in [5.41, 5.74) is 5.96. The van der Waals surface area contributed by atoms with Crippen molar-refractivity contribution >= 4 is 33.6 Å². The summed E-state index contributed by atoms with van der Waals surface area (Å²) >= 11 is 6.41. The van der Waals surface area contributed by atoms with Crippen molar-refractivity contribution in [2.75, 3.05) is 11.5 Å². The van der Waals surface area contributed by atoms with Crippen molar-refractivity contribution in [2.24, 2.45) is 11.0 Å². The van der Waals surface area contributed by atoms with Gasteiger partial charge >= 0.3 is 0 Å². The van der Waals surface area contributed by atoms with E-state index in [1.807, 2.05) is 38.1 Å². The number of hydrogen-bond donors (Lipinski definition) is 1. The van der Waals surface area contributed by atoms with Gasteiger partial charge in [0.25, 0.3) is 0 Å². The first-order chi connectivity index (χ1) is 12.7. The van der Waals surface area contributed by atoms with Gasteiger partial charge in [-0.25, -0.2) is 18.5 Å². The van der Waals surface area contributed by atoms with Crippen LogP contribution in [-0.2, 0) is 21.2 Å². The second-order valence-electron chi connectivity index (χ2n) is 6.77. The van der Waals surface area contributed by atoms with E-state index in [1.54, 1.807) is 4.68 Å². The van der Waals surface area contributed by atoms with E-state index >= 15 is 0 Å². The highest BCUT2D eigenvalue weighted by Gasteiger charge is 2.32. The van der Waals surface area contributed by atoms with Gasteiger partial charge in [0, 0.05) is 0 Å². The number of halogens is 1. The number of rotatable bonds is 5. The molecule has 0 spiro atoms. The van der Waals surface area contributed by atoms with Crippen molar-refractivity contribution in [1.29, 1.82) is 0 Å². The highest BCUT2D eigenvalue weighted by Crippen LogP contribution is 2.20. The highest BCUT2D eigenvalue weighted by molar-refractivity contribution is 7.91. The van der Waals surface area contributed by atoms with E-state index < -0.39 is 21.7 Å². The molecule has 1 N–H and O–H groups in total. The molecule has 2 heterocycles. The molecule has 3 rings (SSSR count). The first kappa shape index (κ1) is 19.6. The Balaban J connectivity index is 1.66. The van der Waals surface area contributed by atoms with E-state index in [4.69, 9.17) is 11.6 Å². The third-order valence-corrected chi connectivity index (χ3v) is 6.70. The maximum Gasteiger partial charge on any atom is 0.244 e. The Hall–Kier alpha value is -2.19. The molecule has 144 valence electrons. The number of sulfone groups is 1. The summed E-state index contributed by atoms with van der Waals surface area (Å²) in [6, 6.07) is 8.10. The average Bonchev–Trinajstić information content (AvgIpc) is 3.10. The van der Waals surface area contributed by atoms with E-state index in [2.05, 4.69) is 15.6 Å². The number of hydrazone groups is 1. The molecule has 1 aliphatic heterocycles. The Morgan fingerprint density at radius 2 is 2.07 bits per heavy atom. The molecule has 1 atom stereocenters. The lowest BCUT2D eigenvalue weighted by Crippen LogP contribution is -2.27. The molecule has 0 radical (unpaired) electrons. The van der Waals surface area contributed by atoms with E-state index in [9.17, 15) is 13.2 Å². The van der Waals surface area contributed by atoms with Crippen molar-refractivity contribution in [3.8, 4) is 0 Å². The molecule has 9 heteroatoms. The fraction of sp³-hybridized carbons (Fsp3) is 0.389. The van der Waals surface area contributed by atoms with Gasteiger partial charge in [0.2, 0.25) is 5.91 Å². The van der Waals surface area contributed by atoms with E-state index in [-0.39, 0.29) is 11.5 Å². The SMILES string of the molecule is Cc1ccc(Cn2nc(C)c(/C=N\NC(=O)[C@@H]3CCS(=O)(=O)C3)c2Cl)cc1. The zero-order chi connectivity index (χ0) is 19.6. The number of hydrogen-bond acceptors (Lipinski definition) is 5. The zero-order valence-corrected chi connectivity index (χ0v) is 16.7. The maximum atomic E-state index is 12.0. The number of nitrogens with one attached hydrogen (secondary N) is 1. The van der Waals surface area contributed by atoms with Crippen LogP contribution in [0, 0.1) is 19.8 Å². The minimum absolute atomic E-state index is 0.0471. The zero-order valence-electron chi connectivity index (χ0n) is 15.1. The fourth-order valence-corrected chi connectivity index (χ4v) is 4.96. The molecule has 1 fully saturated rings. The van der Waals surface area contributed by atoms with Crippen LogP contribution in [0.3, 0.4) is 0 Å². The quantitative estimate of drug-likeness (QED) is 0.605. The molecule has 0 aliphatic carbocycles. The first-order valence-electron chi connectivity index (χ1n) is 8.57. The molecule has 1 amide bonds. The average molecular weight is 409 g/mol. The molecule has 7 nitrogen and oxygen atoms in total. The van der Waals surface area contributed by atoms with Crippen LogP contribution >= 0.6 is 11.6 Å². The molecule has 1 aromatic heterocycles. The van der Waals surface area contributed by atoms with Crippen molar-refractivity contribution in [1.82, 2.24) is 15.2 Å². The van der Waals surface area contributed by atoms with Crippen molar-refractivity contribution in [3.05, 3.63) is 51.8 Å². The summed E-state index contributed by atoms with van der Waals surface area (Å²) < 4.78 is 24.6. The van der Waals surface area contributed by atoms with Crippen LogP contribution in [0.2, 0.25) is 5.15 Å². The Labute approximate surface area is 163 Å². The normalized spacial score (nSPS) is 18.9. The molecular weight excluding hydrogens is 388 g/mol. The van der Waals surface area contributed by atoms with Crippen LogP contribution in [0.15, 0.2) is 29.4 Å². The molecule has 0 bridgehead atoms. The van der Waals surface area contributed by atoms with E-state index in [1.165, 1.54) is 11.8 Å². The number of aryl methyl sites for hydroxylation is 2. The Kier molecular flexibility index (Phi) is 5.67. The van der Waals surface area contributed by atoms with Gasteiger partial charge < -0.3 is 0 Å². The summed E-state index contributed by atoms with van der Waals surface area (Å²) in [7, 11) is -3.11. The molecule has 27 heavy (non-hydrogen) atoms. The minimum Gasteiger partial charge on any atom is -0.273 e. The van der Waals surface area contributed by atoms with Crippen LogP contribution < -0.4 is 5.43 Å². The first-order valence-corrected chi connectivity index (χ1v) is 10.8. The standard InChI is InChI=1S/C18H21ClN4O3S/c1-12-3-5-14(6-4-12)10-23-17(19)16(13(2)22-23)9-20-21-18(24)15-7-8-27(25,26)11-15/h3-6,9,15H,7-8,10-11H2,1-2H3,(H,21,24)/b20-9-/t15-/m1/s1. The van der Waals surface area contributed by atoms with Crippen LogP contribution in [0.25, 0.3) is 0 Å². The lowest BCUT2D eigenvalue weighted by Gasteiger charge is -2.05. The van der Waals surface area contributed by atoms with Crippen LogP contribution in [0.1, 0.15) is 28.8 Å². The molecular formula is C18H21ClN4O3S. The molecule has 1 aromatic carbocycles. The monoisotopic (exact) mass is 408 g/mol. The van der Waals surface area contributed by atoms with Crippen molar-refractivity contribution in [3.63, 3.8) is 0 Å². The lowest BCUT2D eigenvalue weighted by atomic mass is 10.1. The molecule has 2 aromatic rings. The topological polar surface area (TPSA) is 93.4 Å². The third-order valence-electron chi connectivity index (χ3n) is 4.53. The van der Waals surface area contributed by atoms with Gasteiger partial charge in [-0.2, -0.15) is 10.2 Å². The number of aromatic nitrogens is 2. The summed E-state index contributed by atoms with van der Waals surface area (Å²) in [5.74, 6) is -1.02. The number of amides is 1. The number of nitrogens with zero attached hydrogens (tertiary/aromatic N) is 3. The number of benzene rings is 1. The second kappa shape index (κ2) is 7.82. The van der Waals surface area contributed by atoms with Gasteiger partial charge in [-0.3, -0.25) is 4.79 Å². The van der Waals surface area contributed by atoms with E-state index in [0.29, 0.717) is 29.4 Å². The summed E-state index contributed by atoms with van der Waals surface area (Å²) in [6.45, 7) is 4.36. The maximum absolute atomic E-state index is 12.0. The number of carbonyl (C=O) groups is 1. The van der Waals surface area contributed by atoms with Gasteiger partial charge in [0.1, 0.15) is 5.15 Å². The largest absolute Gasteiger partial charge is 0.273 e. The van der Waals surface area contributed by atoms with Gasteiger partial charge in [-0.1, -0.05) is 41.4 Å². The third kappa shape index (κ3) is 4.75. The highest BCUT2D eigenvalue weighted by atomic mass is 35.5.